The average molecular weight is 348 g/mol. The molecule has 2 heterocycles. The van der Waals surface area contributed by atoms with Crippen LogP contribution in [0.5, 0.6) is 0 Å². The third kappa shape index (κ3) is 3.24. The number of fused-ring (bicyclic) bond motifs is 1. The van der Waals surface area contributed by atoms with Crippen LogP contribution in [-0.4, -0.2) is 23.1 Å². The van der Waals surface area contributed by atoms with E-state index in [9.17, 15) is 0 Å². The van der Waals surface area contributed by atoms with Crippen LogP contribution in [0.15, 0.2) is 28.7 Å². The fourth-order valence-corrected chi connectivity index (χ4v) is 2.78. The summed E-state index contributed by atoms with van der Waals surface area (Å²) >= 11 is 3.50. The molecule has 0 fully saturated rings. The molecule has 0 spiro atoms. The Morgan fingerprint density at radius 3 is 3.05 bits per heavy atom. The van der Waals surface area contributed by atoms with E-state index in [1.165, 1.54) is 0 Å². The van der Waals surface area contributed by atoms with Crippen LogP contribution in [0, 0.1) is 0 Å². The number of hydrogen-bond donors (Lipinski definition) is 1. The van der Waals surface area contributed by atoms with E-state index >= 15 is 0 Å². The highest BCUT2D eigenvalue weighted by Gasteiger charge is 2.18. The predicted molar refractivity (Wildman–Crippen MR) is 87.3 cm³/mol. The zero-order chi connectivity index (χ0) is 14.7. The molecule has 0 aliphatic carbocycles. The molecule has 110 valence electrons. The van der Waals surface area contributed by atoms with E-state index in [4.69, 9.17) is 14.7 Å². The number of aromatic nitrogens is 2. The highest BCUT2D eigenvalue weighted by atomic mass is 79.9. The molecule has 0 atom stereocenters. The second-order valence-electron chi connectivity index (χ2n) is 5.06. The maximum Gasteiger partial charge on any atom is 0.161 e. The first-order chi connectivity index (χ1) is 10.3. The van der Waals surface area contributed by atoms with E-state index in [2.05, 4.69) is 28.2 Å². The number of benzene rings is 1. The maximum absolute atomic E-state index is 5.55. The topological polar surface area (TPSA) is 47.0 Å². The van der Waals surface area contributed by atoms with Gasteiger partial charge in [-0.25, -0.2) is 9.97 Å². The summed E-state index contributed by atoms with van der Waals surface area (Å²) in [4.78, 5) is 9.45. The molecule has 0 radical (unpaired) electrons. The largest absolute Gasteiger partial charge is 0.376 e. The summed E-state index contributed by atoms with van der Waals surface area (Å²) in [5.41, 5.74) is 3.23. The molecule has 0 bridgehead atoms. The van der Waals surface area contributed by atoms with Crippen LogP contribution in [-0.2, 0) is 17.8 Å². The van der Waals surface area contributed by atoms with Crippen molar-refractivity contribution in [1.29, 1.82) is 0 Å². The van der Waals surface area contributed by atoms with Gasteiger partial charge in [0, 0.05) is 28.6 Å². The first-order valence-electron chi connectivity index (χ1n) is 7.25. The Labute approximate surface area is 133 Å². The van der Waals surface area contributed by atoms with Gasteiger partial charge in [0.1, 0.15) is 5.82 Å². The van der Waals surface area contributed by atoms with Crippen molar-refractivity contribution in [3.63, 3.8) is 0 Å². The van der Waals surface area contributed by atoms with Gasteiger partial charge in [0.2, 0.25) is 0 Å². The summed E-state index contributed by atoms with van der Waals surface area (Å²) in [5.74, 6) is 1.69. The van der Waals surface area contributed by atoms with Crippen molar-refractivity contribution < 1.29 is 4.74 Å². The molecular weight excluding hydrogens is 330 g/mol. The first kappa shape index (κ1) is 14.5. The molecule has 1 N–H and O–H groups in total. The Balaban J connectivity index is 2.05. The van der Waals surface area contributed by atoms with Crippen molar-refractivity contribution in [2.75, 3.05) is 18.5 Å². The van der Waals surface area contributed by atoms with E-state index in [0.29, 0.717) is 6.61 Å². The lowest BCUT2D eigenvalue weighted by Gasteiger charge is -2.20. The van der Waals surface area contributed by atoms with Crippen LogP contribution in [0.25, 0.3) is 11.4 Å². The van der Waals surface area contributed by atoms with Crippen LogP contribution in [0.2, 0.25) is 0 Å². The summed E-state index contributed by atoms with van der Waals surface area (Å²) in [6, 6.07) is 8.09. The first-order valence-corrected chi connectivity index (χ1v) is 8.04. The van der Waals surface area contributed by atoms with E-state index in [0.717, 1.165) is 58.9 Å². The molecule has 0 saturated carbocycles. The number of anilines is 1. The molecule has 0 saturated heterocycles. The number of ether oxygens (including phenoxy) is 1. The number of nitrogens with one attached hydrogen (secondary N) is 1. The molecule has 1 aromatic carbocycles. The van der Waals surface area contributed by atoms with Gasteiger partial charge in [-0.05, 0) is 18.6 Å². The van der Waals surface area contributed by atoms with E-state index in [-0.39, 0.29) is 0 Å². The molecule has 5 heteroatoms. The molecule has 1 aromatic heterocycles. The Bertz CT molecular complexity index is 645. The Kier molecular flexibility index (Phi) is 4.51. The van der Waals surface area contributed by atoms with Crippen LogP contribution in [0.4, 0.5) is 5.82 Å². The molecule has 21 heavy (non-hydrogen) atoms. The van der Waals surface area contributed by atoms with Gasteiger partial charge >= 0.3 is 0 Å². The fraction of sp³-hybridized carbons (Fsp3) is 0.375. The molecule has 1 aliphatic rings. The van der Waals surface area contributed by atoms with Gasteiger partial charge in [-0.3, -0.25) is 0 Å². The summed E-state index contributed by atoms with van der Waals surface area (Å²) in [5, 5.41) is 3.40. The minimum absolute atomic E-state index is 0.597. The Morgan fingerprint density at radius 1 is 1.33 bits per heavy atom. The second kappa shape index (κ2) is 6.54. The molecule has 0 amide bonds. The predicted octanol–water partition coefficient (Wildman–Crippen LogP) is 3.80. The smallest absolute Gasteiger partial charge is 0.161 e. The molecule has 2 aromatic rings. The van der Waals surface area contributed by atoms with Crippen molar-refractivity contribution in [3.05, 3.63) is 40.0 Å². The number of nitrogens with zero attached hydrogens (tertiary/aromatic N) is 2. The molecule has 1 aliphatic heterocycles. The second-order valence-corrected chi connectivity index (χ2v) is 5.98. The third-order valence-electron chi connectivity index (χ3n) is 3.45. The molecule has 0 unspecified atom stereocenters. The van der Waals surface area contributed by atoms with Gasteiger partial charge in [-0.15, -0.1) is 0 Å². The lowest BCUT2D eigenvalue weighted by molar-refractivity contribution is 0.109. The van der Waals surface area contributed by atoms with Crippen LogP contribution >= 0.6 is 15.9 Å². The van der Waals surface area contributed by atoms with Gasteiger partial charge in [0.05, 0.1) is 18.9 Å². The van der Waals surface area contributed by atoms with Gasteiger partial charge < -0.3 is 10.1 Å². The molecule has 3 rings (SSSR count). The monoisotopic (exact) mass is 347 g/mol. The third-order valence-corrected chi connectivity index (χ3v) is 3.94. The van der Waals surface area contributed by atoms with Crippen molar-refractivity contribution >= 4 is 21.7 Å². The van der Waals surface area contributed by atoms with E-state index in [1.54, 1.807) is 0 Å². The summed E-state index contributed by atoms with van der Waals surface area (Å²) in [6.45, 7) is 4.38. The number of hydrogen-bond acceptors (Lipinski definition) is 4. The zero-order valence-corrected chi connectivity index (χ0v) is 13.6. The highest BCUT2D eigenvalue weighted by Crippen LogP contribution is 2.27. The van der Waals surface area contributed by atoms with Gasteiger partial charge in [-0.1, -0.05) is 35.0 Å². The van der Waals surface area contributed by atoms with Crippen LogP contribution in [0.3, 0.4) is 0 Å². The number of halogens is 1. The van der Waals surface area contributed by atoms with Gasteiger partial charge in [-0.2, -0.15) is 0 Å². The quantitative estimate of drug-likeness (QED) is 0.913. The summed E-state index contributed by atoms with van der Waals surface area (Å²) < 4.78 is 6.59. The SMILES string of the molecule is CCCNc1nc(-c2cccc(Br)c2)nc2c1COCC2. The minimum atomic E-state index is 0.597. The van der Waals surface area contributed by atoms with Gasteiger partial charge in [0.25, 0.3) is 0 Å². The Morgan fingerprint density at radius 2 is 2.24 bits per heavy atom. The lowest BCUT2D eigenvalue weighted by Crippen LogP contribution is -2.17. The van der Waals surface area contributed by atoms with Crippen molar-refractivity contribution in [2.24, 2.45) is 0 Å². The zero-order valence-electron chi connectivity index (χ0n) is 12.0. The maximum atomic E-state index is 5.55. The standard InChI is InChI=1S/C16H18BrN3O/c1-2-7-18-16-13-10-21-8-6-14(13)19-15(20-16)11-4-3-5-12(17)9-11/h3-5,9H,2,6-8,10H2,1H3,(H,18,19,20). The van der Waals surface area contributed by atoms with E-state index in [1.807, 2.05) is 24.3 Å². The molecule has 4 nitrogen and oxygen atoms in total. The average Bonchev–Trinajstić information content (AvgIpc) is 2.52. The summed E-state index contributed by atoms with van der Waals surface area (Å²) in [6.07, 6.45) is 1.91. The minimum Gasteiger partial charge on any atom is -0.376 e. The van der Waals surface area contributed by atoms with Crippen molar-refractivity contribution in [3.8, 4) is 11.4 Å². The van der Waals surface area contributed by atoms with Gasteiger partial charge in [0.15, 0.2) is 5.82 Å². The lowest BCUT2D eigenvalue weighted by atomic mass is 10.1. The highest BCUT2D eigenvalue weighted by molar-refractivity contribution is 9.10. The van der Waals surface area contributed by atoms with Crippen molar-refractivity contribution in [1.82, 2.24) is 9.97 Å². The van der Waals surface area contributed by atoms with E-state index < -0.39 is 0 Å². The van der Waals surface area contributed by atoms with Crippen LogP contribution < -0.4 is 5.32 Å². The summed E-state index contributed by atoms with van der Waals surface area (Å²) in [7, 11) is 0. The van der Waals surface area contributed by atoms with Crippen LogP contribution in [0.1, 0.15) is 24.6 Å². The normalized spacial score (nSPS) is 13.8. The Hall–Kier alpha value is -1.46. The van der Waals surface area contributed by atoms with Crippen molar-refractivity contribution in [2.45, 2.75) is 26.4 Å². The fourth-order valence-electron chi connectivity index (χ4n) is 2.38. The number of rotatable bonds is 4. The molecular formula is C16H18BrN3O.